The fraction of sp³-hybridized carbons (Fsp3) is 0.143. The van der Waals surface area contributed by atoms with Crippen molar-refractivity contribution in [1.82, 2.24) is 4.98 Å². The number of ether oxygens (including phenoxy) is 1. The Bertz CT molecular complexity index is 1590. The van der Waals surface area contributed by atoms with Crippen LogP contribution in [0.3, 0.4) is 0 Å². The molecule has 4 aromatic carbocycles. The maximum atomic E-state index is 6.51. The number of H-pyrrole nitrogens is 1. The smallest absolute Gasteiger partial charge is 0.124 e. The van der Waals surface area contributed by atoms with Crippen molar-refractivity contribution in [2.24, 2.45) is 0 Å². The molecule has 5 aromatic rings. The van der Waals surface area contributed by atoms with E-state index in [0.29, 0.717) is 0 Å². The third-order valence-electron chi connectivity index (χ3n) is 7.26. The second-order valence-electron chi connectivity index (χ2n) is 9.89. The molecule has 0 bridgehead atoms. The van der Waals surface area contributed by atoms with Gasteiger partial charge in [0.1, 0.15) is 5.75 Å². The fourth-order valence-corrected chi connectivity index (χ4v) is 5.83. The molecule has 0 amide bonds. The van der Waals surface area contributed by atoms with Gasteiger partial charge in [-0.1, -0.05) is 115 Å². The molecule has 2 heteroatoms. The fourth-order valence-electron chi connectivity index (χ4n) is 5.83. The van der Waals surface area contributed by atoms with Gasteiger partial charge in [-0.25, -0.2) is 0 Å². The van der Waals surface area contributed by atoms with Crippen LogP contribution in [-0.4, -0.2) is 11.1 Å². The summed E-state index contributed by atoms with van der Waals surface area (Å²) in [6, 6.07) is 38.8. The zero-order valence-corrected chi connectivity index (χ0v) is 21.3. The minimum absolute atomic E-state index is 0.0570. The molecule has 182 valence electrons. The molecule has 1 aliphatic rings. The van der Waals surface area contributed by atoms with E-state index in [1.165, 1.54) is 33.3 Å². The maximum absolute atomic E-state index is 6.51. The van der Waals surface area contributed by atoms with Gasteiger partial charge in [0.2, 0.25) is 0 Å². The average molecular weight is 482 g/mol. The van der Waals surface area contributed by atoms with Gasteiger partial charge in [-0.05, 0) is 49.1 Å². The van der Waals surface area contributed by atoms with Crippen LogP contribution in [0, 0.1) is 0 Å². The Morgan fingerprint density at radius 1 is 0.757 bits per heavy atom. The number of hydrogen-bond donors (Lipinski definition) is 1. The third-order valence-corrected chi connectivity index (χ3v) is 7.26. The van der Waals surface area contributed by atoms with E-state index in [2.05, 4.69) is 146 Å². The van der Waals surface area contributed by atoms with Crippen LogP contribution < -0.4 is 4.74 Å². The standard InChI is InChI=1S/C35H31NO/c1-25(2)37-32-24-14-12-22-30(32)35(28-19-9-10-20-28,27-17-7-4-8-18-27)34-33(26-15-5-3-6-16-26)29-21-11-13-23-31(29)36-34/h3-19,21-25,36H,20H2,1-2H3/t35-/m1/s1. The Kier molecular flexibility index (Phi) is 6.02. The molecule has 6 rings (SSSR count). The summed E-state index contributed by atoms with van der Waals surface area (Å²) in [6.07, 6.45) is 7.66. The molecule has 0 fully saturated rings. The first-order valence-electron chi connectivity index (χ1n) is 13.0. The van der Waals surface area contributed by atoms with Crippen molar-refractivity contribution >= 4 is 10.9 Å². The zero-order valence-electron chi connectivity index (χ0n) is 21.3. The molecule has 1 heterocycles. The molecule has 0 radical (unpaired) electrons. The SMILES string of the molecule is CC(C)Oc1ccccc1[C@](C1=CC=CC1)(c1ccccc1)c1[nH]c2ccccc2c1-c1ccccc1. The first-order chi connectivity index (χ1) is 18.2. The lowest BCUT2D eigenvalue weighted by atomic mass is 9.64. The predicted octanol–water partition coefficient (Wildman–Crippen LogP) is 8.84. The number of aromatic amines is 1. The minimum atomic E-state index is -0.583. The average Bonchev–Trinajstić information content (AvgIpc) is 3.60. The van der Waals surface area contributed by atoms with E-state index < -0.39 is 5.41 Å². The van der Waals surface area contributed by atoms with Crippen LogP contribution in [0.1, 0.15) is 37.1 Å². The van der Waals surface area contributed by atoms with Gasteiger partial charge >= 0.3 is 0 Å². The third kappa shape index (κ3) is 3.90. The van der Waals surface area contributed by atoms with E-state index in [4.69, 9.17) is 4.74 Å². The largest absolute Gasteiger partial charge is 0.491 e. The van der Waals surface area contributed by atoms with Gasteiger partial charge in [0.05, 0.1) is 11.5 Å². The lowest BCUT2D eigenvalue weighted by Gasteiger charge is -2.38. The van der Waals surface area contributed by atoms with Crippen molar-refractivity contribution in [2.75, 3.05) is 0 Å². The summed E-state index contributed by atoms with van der Waals surface area (Å²) in [5, 5.41) is 1.22. The number of hydrogen-bond acceptors (Lipinski definition) is 1. The lowest BCUT2D eigenvalue weighted by Crippen LogP contribution is -2.33. The Morgan fingerprint density at radius 2 is 1.43 bits per heavy atom. The Hall–Kier alpha value is -4.30. The molecule has 0 saturated carbocycles. The summed E-state index contributed by atoms with van der Waals surface area (Å²) >= 11 is 0. The quantitative estimate of drug-likeness (QED) is 0.247. The number of benzene rings is 4. The highest BCUT2D eigenvalue weighted by Gasteiger charge is 2.45. The molecule has 1 aliphatic carbocycles. The van der Waals surface area contributed by atoms with Crippen LogP contribution in [0.5, 0.6) is 5.75 Å². The number of rotatable bonds is 7. The zero-order chi connectivity index (χ0) is 25.2. The van der Waals surface area contributed by atoms with Crippen LogP contribution in [0.4, 0.5) is 0 Å². The Balaban J connectivity index is 1.80. The second-order valence-corrected chi connectivity index (χ2v) is 9.89. The van der Waals surface area contributed by atoms with Crippen molar-refractivity contribution in [3.8, 4) is 16.9 Å². The number of fused-ring (bicyclic) bond motifs is 1. The highest BCUT2D eigenvalue weighted by atomic mass is 16.5. The van der Waals surface area contributed by atoms with Gasteiger partial charge in [-0.2, -0.15) is 0 Å². The van der Waals surface area contributed by atoms with Crippen LogP contribution in [0.2, 0.25) is 0 Å². The second kappa shape index (κ2) is 9.63. The van der Waals surface area contributed by atoms with E-state index in [0.717, 1.165) is 23.3 Å². The first-order valence-corrected chi connectivity index (χ1v) is 13.0. The van der Waals surface area contributed by atoms with Gasteiger partial charge in [0.15, 0.2) is 0 Å². The molecule has 1 N–H and O–H groups in total. The van der Waals surface area contributed by atoms with Crippen LogP contribution in [0.15, 0.2) is 133 Å². The van der Waals surface area contributed by atoms with Gasteiger partial charge in [-0.15, -0.1) is 0 Å². The minimum Gasteiger partial charge on any atom is -0.491 e. The number of aromatic nitrogens is 1. The summed E-state index contributed by atoms with van der Waals surface area (Å²) in [4.78, 5) is 3.93. The maximum Gasteiger partial charge on any atom is 0.124 e. The molecule has 0 aliphatic heterocycles. The Morgan fingerprint density at radius 3 is 2.16 bits per heavy atom. The van der Waals surface area contributed by atoms with Gasteiger partial charge in [0.25, 0.3) is 0 Å². The van der Waals surface area contributed by atoms with E-state index in [1.54, 1.807) is 0 Å². The van der Waals surface area contributed by atoms with Crippen LogP contribution >= 0.6 is 0 Å². The van der Waals surface area contributed by atoms with Crippen LogP contribution in [-0.2, 0) is 5.41 Å². The van der Waals surface area contributed by atoms with Crippen molar-refractivity contribution in [1.29, 1.82) is 0 Å². The number of allylic oxidation sites excluding steroid dienone is 4. The predicted molar refractivity (Wildman–Crippen MR) is 154 cm³/mol. The topological polar surface area (TPSA) is 25.0 Å². The van der Waals surface area contributed by atoms with Crippen molar-refractivity contribution < 1.29 is 4.74 Å². The van der Waals surface area contributed by atoms with E-state index in [1.807, 2.05) is 0 Å². The van der Waals surface area contributed by atoms with Gasteiger partial charge in [-0.3, -0.25) is 0 Å². The molecular weight excluding hydrogens is 450 g/mol. The number of para-hydroxylation sites is 2. The molecule has 0 unspecified atom stereocenters. The summed E-state index contributed by atoms with van der Waals surface area (Å²) in [7, 11) is 0. The molecule has 37 heavy (non-hydrogen) atoms. The monoisotopic (exact) mass is 481 g/mol. The van der Waals surface area contributed by atoms with Crippen LogP contribution in [0.25, 0.3) is 22.0 Å². The molecule has 2 nitrogen and oxygen atoms in total. The Labute approximate surface area is 219 Å². The van der Waals surface area contributed by atoms with E-state index in [-0.39, 0.29) is 6.10 Å². The summed E-state index contributed by atoms with van der Waals surface area (Å²) in [5.74, 6) is 0.909. The van der Waals surface area contributed by atoms with Gasteiger partial charge < -0.3 is 9.72 Å². The first kappa shape index (κ1) is 23.1. The summed E-state index contributed by atoms with van der Waals surface area (Å²) in [6.45, 7) is 4.19. The molecule has 1 atom stereocenters. The molecule has 1 aromatic heterocycles. The van der Waals surface area contributed by atoms with E-state index in [9.17, 15) is 0 Å². The summed E-state index contributed by atoms with van der Waals surface area (Å²) in [5.41, 5.74) is 7.83. The van der Waals surface area contributed by atoms with Crippen molar-refractivity contribution in [3.05, 3.63) is 150 Å². The normalized spacial score (nSPS) is 14.6. The highest BCUT2D eigenvalue weighted by Crippen LogP contribution is 2.54. The number of nitrogens with one attached hydrogen (secondary N) is 1. The lowest BCUT2D eigenvalue weighted by molar-refractivity contribution is 0.238. The van der Waals surface area contributed by atoms with Crippen molar-refractivity contribution in [3.63, 3.8) is 0 Å². The van der Waals surface area contributed by atoms with Gasteiger partial charge in [0, 0.05) is 27.7 Å². The van der Waals surface area contributed by atoms with Crippen molar-refractivity contribution in [2.45, 2.75) is 31.8 Å². The summed E-state index contributed by atoms with van der Waals surface area (Å²) < 4.78 is 6.51. The molecule has 0 spiro atoms. The molecular formula is C35H31NO. The molecule has 0 saturated heterocycles. The highest BCUT2D eigenvalue weighted by molar-refractivity contribution is 5.99. The van der Waals surface area contributed by atoms with E-state index >= 15 is 0 Å².